The summed E-state index contributed by atoms with van der Waals surface area (Å²) in [5, 5.41) is 2.74. The quantitative estimate of drug-likeness (QED) is 0.718. The molecule has 18 heavy (non-hydrogen) atoms. The van der Waals surface area contributed by atoms with Crippen LogP contribution in [0.15, 0.2) is 24.3 Å². The number of carbonyl (C=O) groups excluding carboxylic acids is 1. The molecule has 4 nitrogen and oxygen atoms in total. The first-order valence-corrected chi connectivity index (χ1v) is 6.26. The van der Waals surface area contributed by atoms with E-state index in [4.69, 9.17) is 9.47 Å². The fourth-order valence-electron chi connectivity index (χ4n) is 1.42. The fraction of sp³-hybridized carbons (Fsp3) is 0.500. The van der Waals surface area contributed by atoms with Gasteiger partial charge in [0.2, 0.25) is 5.91 Å². The van der Waals surface area contributed by atoms with E-state index in [0.717, 1.165) is 17.7 Å². The predicted molar refractivity (Wildman–Crippen MR) is 70.8 cm³/mol. The molecule has 100 valence electrons. The van der Waals surface area contributed by atoms with Crippen molar-refractivity contribution >= 4 is 5.91 Å². The highest BCUT2D eigenvalue weighted by Crippen LogP contribution is 2.11. The van der Waals surface area contributed by atoms with Crippen molar-refractivity contribution in [2.24, 2.45) is 0 Å². The summed E-state index contributed by atoms with van der Waals surface area (Å²) in [6.45, 7) is 5.71. The van der Waals surface area contributed by atoms with Gasteiger partial charge in [-0.05, 0) is 31.0 Å². The molecule has 0 saturated heterocycles. The van der Waals surface area contributed by atoms with Gasteiger partial charge < -0.3 is 14.8 Å². The Morgan fingerprint density at radius 3 is 2.89 bits per heavy atom. The molecular weight excluding hydrogens is 230 g/mol. The summed E-state index contributed by atoms with van der Waals surface area (Å²) < 4.78 is 10.6. The van der Waals surface area contributed by atoms with Gasteiger partial charge in [0.15, 0.2) is 0 Å². The number of ether oxygens (including phenoxy) is 2. The Morgan fingerprint density at radius 2 is 2.17 bits per heavy atom. The maximum absolute atomic E-state index is 11.3. The fourth-order valence-corrected chi connectivity index (χ4v) is 1.42. The van der Waals surface area contributed by atoms with Crippen LogP contribution in [0.4, 0.5) is 0 Å². The van der Waals surface area contributed by atoms with Crippen LogP contribution in [0.2, 0.25) is 0 Å². The third kappa shape index (κ3) is 6.25. The van der Waals surface area contributed by atoms with E-state index in [1.807, 2.05) is 38.1 Å². The number of carbonyl (C=O) groups is 1. The number of nitrogens with one attached hydrogen (secondary N) is 1. The summed E-state index contributed by atoms with van der Waals surface area (Å²) in [4.78, 5) is 11.3. The maximum atomic E-state index is 11.3. The highest BCUT2D eigenvalue weighted by molar-refractivity contribution is 5.77. The second-order valence-electron chi connectivity index (χ2n) is 4.07. The van der Waals surface area contributed by atoms with E-state index in [-0.39, 0.29) is 12.5 Å². The molecule has 0 aliphatic carbocycles. The predicted octanol–water partition coefficient (Wildman–Crippen LogP) is 1.92. The van der Waals surface area contributed by atoms with Crippen LogP contribution in [0.5, 0.6) is 5.75 Å². The molecule has 0 saturated carbocycles. The lowest BCUT2D eigenvalue weighted by Crippen LogP contribution is -2.31. The van der Waals surface area contributed by atoms with Crippen molar-refractivity contribution in [2.45, 2.75) is 20.3 Å². The second-order valence-corrected chi connectivity index (χ2v) is 4.07. The molecule has 0 aliphatic rings. The molecule has 1 amide bonds. The minimum atomic E-state index is -0.101. The average molecular weight is 251 g/mol. The van der Waals surface area contributed by atoms with E-state index in [0.29, 0.717) is 19.8 Å². The lowest BCUT2D eigenvalue weighted by atomic mass is 10.2. The van der Waals surface area contributed by atoms with Gasteiger partial charge >= 0.3 is 0 Å². The Kier molecular flexibility index (Phi) is 6.87. The maximum Gasteiger partial charge on any atom is 0.246 e. The molecule has 0 fully saturated rings. The molecule has 0 aliphatic heterocycles. The Balaban J connectivity index is 2.09. The van der Waals surface area contributed by atoms with E-state index < -0.39 is 0 Å². The second kappa shape index (κ2) is 8.53. The van der Waals surface area contributed by atoms with Crippen LogP contribution in [0, 0.1) is 6.92 Å². The molecule has 0 bridgehead atoms. The highest BCUT2D eigenvalue weighted by atomic mass is 16.5. The van der Waals surface area contributed by atoms with Crippen LogP contribution in [0.3, 0.4) is 0 Å². The van der Waals surface area contributed by atoms with E-state index in [2.05, 4.69) is 5.32 Å². The number of amides is 1. The van der Waals surface area contributed by atoms with Crippen LogP contribution < -0.4 is 10.1 Å². The van der Waals surface area contributed by atoms with E-state index in [1.54, 1.807) is 0 Å². The minimum Gasteiger partial charge on any atom is -0.492 e. The van der Waals surface area contributed by atoms with Gasteiger partial charge in [-0.2, -0.15) is 0 Å². The Labute approximate surface area is 108 Å². The SMILES string of the molecule is CCCOCC(=O)NCCOc1cccc(C)c1. The zero-order chi connectivity index (χ0) is 13.2. The Morgan fingerprint density at radius 1 is 1.33 bits per heavy atom. The lowest BCUT2D eigenvalue weighted by Gasteiger charge is -2.08. The number of hydrogen-bond donors (Lipinski definition) is 1. The van der Waals surface area contributed by atoms with Crippen LogP contribution in [0.25, 0.3) is 0 Å². The lowest BCUT2D eigenvalue weighted by molar-refractivity contribution is -0.125. The van der Waals surface area contributed by atoms with E-state index in [1.165, 1.54) is 0 Å². The molecule has 0 unspecified atom stereocenters. The molecule has 1 rings (SSSR count). The van der Waals surface area contributed by atoms with Crippen molar-refractivity contribution in [3.63, 3.8) is 0 Å². The molecule has 0 spiro atoms. The van der Waals surface area contributed by atoms with Gasteiger partial charge in [-0.3, -0.25) is 4.79 Å². The normalized spacial score (nSPS) is 10.1. The van der Waals surface area contributed by atoms with Crippen molar-refractivity contribution < 1.29 is 14.3 Å². The minimum absolute atomic E-state index is 0.101. The van der Waals surface area contributed by atoms with Gasteiger partial charge in [-0.1, -0.05) is 19.1 Å². The van der Waals surface area contributed by atoms with Gasteiger partial charge in [0.05, 0.1) is 6.54 Å². The standard InChI is InChI=1S/C14H21NO3/c1-3-8-17-11-14(16)15-7-9-18-13-6-4-5-12(2)10-13/h4-6,10H,3,7-9,11H2,1-2H3,(H,15,16). The van der Waals surface area contributed by atoms with Crippen molar-refractivity contribution in [2.75, 3.05) is 26.4 Å². The number of benzene rings is 1. The monoisotopic (exact) mass is 251 g/mol. The van der Waals surface area contributed by atoms with Crippen LogP contribution >= 0.6 is 0 Å². The molecule has 0 heterocycles. The summed E-state index contributed by atoms with van der Waals surface area (Å²) in [6, 6.07) is 7.83. The summed E-state index contributed by atoms with van der Waals surface area (Å²) >= 11 is 0. The van der Waals surface area contributed by atoms with Crippen LogP contribution in [-0.2, 0) is 9.53 Å². The zero-order valence-electron chi connectivity index (χ0n) is 11.1. The largest absolute Gasteiger partial charge is 0.492 e. The molecule has 0 atom stereocenters. The van der Waals surface area contributed by atoms with Gasteiger partial charge in [-0.15, -0.1) is 0 Å². The summed E-state index contributed by atoms with van der Waals surface area (Å²) in [5.41, 5.74) is 1.16. The van der Waals surface area contributed by atoms with Crippen LogP contribution in [-0.4, -0.2) is 32.3 Å². The summed E-state index contributed by atoms with van der Waals surface area (Å²) in [5.74, 6) is 0.725. The zero-order valence-corrected chi connectivity index (χ0v) is 11.1. The first-order chi connectivity index (χ1) is 8.72. The first kappa shape index (κ1) is 14.5. The number of hydrogen-bond acceptors (Lipinski definition) is 3. The topological polar surface area (TPSA) is 47.6 Å². The molecule has 0 aromatic heterocycles. The van der Waals surface area contributed by atoms with Crippen molar-refractivity contribution in [3.05, 3.63) is 29.8 Å². The number of aryl methyl sites for hydroxylation is 1. The number of rotatable bonds is 8. The molecule has 4 heteroatoms. The summed E-state index contributed by atoms with van der Waals surface area (Å²) in [6.07, 6.45) is 0.920. The molecule has 0 radical (unpaired) electrons. The highest BCUT2D eigenvalue weighted by Gasteiger charge is 2.00. The van der Waals surface area contributed by atoms with Crippen molar-refractivity contribution in [1.82, 2.24) is 5.32 Å². The van der Waals surface area contributed by atoms with E-state index >= 15 is 0 Å². The van der Waals surface area contributed by atoms with Crippen LogP contribution in [0.1, 0.15) is 18.9 Å². The molecular formula is C14H21NO3. The van der Waals surface area contributed by atoms with Gasteiger partial charge in [0.25, 0.3) is 0 Å². The molecule has 1 aromatic carbocycles. The average Bonchev–Trinajstić information content (AvgIpc) is 2.35. The Hall–Kier alpha value is -1.55. The first-order valence-electron chi connectivity index (χ1n) is 6.26. The van der Waals surface area contributed by atoms with Gasteiger partial charge in [-0.25, -0.2) is 0 Å². The van der Waals surface area contributed by atoms with Crippen molar-refractivity contribution in [3.8, 4) is 5.75 Å². The van der Waals surface area contributed by atoms with Gasteiger partial charge in [0.1, 0.15) is 19.0 Å². The van der Waals surface area contributed by atoms with E-state index in [9.17, 15) is 4.79 Å². The molecule has 1 aromatic rings. The van der Waals surface area contributed by atoms with Crippen molar-refractivity contribution in [1.29, 1.82) is 0 Å². The Bertz CT molecular complexity index is 366. The molecule has 1 N–H and O–H groups in total. The summed E-state index contributed by atoms with van der Waals surface area (Å²) in [7, 11) is 0. The third-order valence-corrected chi connectivity index (χ3v) is 2.26. The third-order valence-electron chi connectivity index (χ3n) is 2.26. The van der Waals surface area contributed by atoms with Gasteiger partial charge in [0, 0.05) is 6.61 Å². The smallest absolute Gasteiger partial charge is 0.246 e.